The lowest BCUT2D eigenvalue weighted by Gasteiger charge is -2.41. The van der Waals surface area contributed by atoms with Crippen LogP contribution in [0.15, 0.2) is 29.2 Å². The molecule has 2 rings (SSSR count). The lowest BCUT2D eigenvalue weighted by atomic mass is 9.89. The summed E-state index contributed by atoms with van der Waals surface area (Å²) >= 11 is 0. The largest absolute Gasteiger partial charge is 0.389 e. The van der Waals surface area contributed by atoms with Gasteiger partial charge in [-0.2, -0.15) is 4.31 Å². The summed E-state index contributed by atoms with van der Waals surface area (Å²) in [6.07, 6.45) is -1.38. The summed E-state index contributed by atoms with van der Waals surface area (Å²) in [6, 6.07) is 4.38. The van der Waals surface area contributed by atoms with Crippen molar-refractivity contribution in [3.63, 3.8) is 0 Å². The number of hydrogen-bond donors (Lipinski definition) is 3. The summed E-state index contributed by atoms with van der Waals surface area (Å²) in [4.78, 5) is 10.8. The van der Waals surface area contributed by atoms with Crippen LogP contribution in [0.5, 0.6) is 0 Å². The highest BCUT2D eigenvalue weighted by molar-refractivity contribution is 7.89. The molecule has 1 aliphatic heterocycles. The Morgan fingerprint density at radius 1 is 1.43 bits per heavy atom. The smallest absolute Gasteiger partial charge is 0.243 e. The van der Waals surface area contributed by atoms with E-state index in [1.165, 1.54) is 6.92 Å². The van der Waals surface area contributed by atoms with Crippen LogP contribution >= 0.6 is 0 Å². The Morgan fingerprint density at radius 2 is 2.04 bits per heavy atom. The second-order valence-corrected chi connectivity index (χ2v) is 7.53. The Morgan fingerprint density at radius 3 is 2.57 bits per heavy atom. The molecule has 1 aliphatic rings. The van der Waals surface area contributed by atoms with Crippen LogP contribution in [-0.2, 0) is 14.8 Å². The average molecular weight is 346 g/mol. The van der Waals surface area contributed by atoms with Crippen molar-refractivity contribution in [3.8, 4) is 0 Å². The minimum Gasteiger partial charge on any atom is -0.389 e. The summed E-state index contributed by atoms with van der Waals surface area (Å²) in [7, 11) is -3.88. The van der Waals surface area contributed by atoms with Gasteiger partial charge in [-0.15, -0.1) is 0 Å². The number of piperidine rings is 1. The fourth-order valence-corrected chi connectivity index (χ4v) is 3.84. The molecule has 0 spiro atoms. The molecular weight excluding hydrogens is 327 g/mol. The quantitative estimate of drug-likeness (QED) is 0.678. The average Bonchev–Trinajstić information content (AvgIpc) is 2.48. The molecule has 1 heterocycles. The van der Waals surface area contributed by atoms with Crippen molar-refractivity contribution in [2.45, 2.75) is 29.9 Å². The summed E-state index contributed by atoms with van der Waals surface area (Å²) in [6.45, 7) is 0.792. The number of nitrogens with one attached hydrogen (secondary N) is 1. The van der Waals surface area contributed by atoms with E-state index in [2.05, 4.69) is 5.32 Å². The van der Waals surface area contributed by atoms with Gasteiger partial charge in [0.2, 0.25) is 15.9 Å². The van der Waals surface area contributed by atoms with Crippen molar-refractivity contribution >= 4 is 15.9 Å². The molecule has 1 aromatic carbocycles. The molecule has 7 nitrogen and oxygen atoms in total. The first-order valence-corrected chi connectivity index (χ1v) is 8.50. The van der Waals surface area contributed by atoms with Crippen LogP contribution in [0.1, 0.15) is 13.3 Å². The Kier molecular flexibility index (Phi) is 5.04. The van der Waals surface area contributed by atoms with Crippen LogP contribution in [0.4, 0.5) is 4.39 Å². The third-order valence-electron chi connectivity index (χ3n) is 3.89. The molecule has 0 radical (unpaired) electrons. The maximum Gasteiger partial charge on any atom is 0.243 e. The highest BCUT2D eigenvalue weighted by Crippen LogP contribution is 2.27. The molecule has 0 aromatic heterocycles. The third kappa shape index (κ3) is 3.86. The summed E-state index contributed by atoms with van der Waals surface area (Å²) < 4.78 is 38.9. The molecule has 2 atom stereocenters. The number of nitrogens with zero attached hydrogens (tertiary/aromatic N) is 1. The van der Waals surface area contributed by atoms with Crippen LogP contribution in [0, 0.1) is 5.82 Å². The van der Waals surface area contributed by atoms with Gasteiger partial charge in [-0.3, -0.25) is 4.79 Å². The lowest BCUT2D eigenvalue weighted by molar-refractivity contribution is -0.126. The van der Waals surface area contributed by atoms with Crippen LogP contribution in [-0.4, -0.2) is 60.2 Å². The van der Waals surface area contributed by atoms with Crippen LogP contribution in [0.25, 0.3) is 0 Å². The van der Waals surface area contributed by atoms with E-state index in [0.717, 1.165) is 28.6 Å². The van der Waals surface area contributed by atoms with E-state index >= 15 is 0 Å². The molecule has 3 N–H and O–H groups in total. The molecule has 128 valence electrons. The monoisotopic (exact) mass is 346 g/mol. The molecule has 9 heteroatoms. The second-order valence-electron chi connectivity index (χ2n) is 5.60. The van der Waals surface area contributed by atoms with Crippen molar-refractivity contribution < 1.29 is 27.8 Å². The van der Waals surface area contributed by atoms with Gasteiger partial charge in [0.1, 0.15) is 11.4 Å². The van der Waals surface area contributed by atoms with Gasteiger partial charge in [-0.25, -0.2) is 12.8 Å². The molecule has 1 saturated heterocycles. The number of carbonyl (C=O) groups excluding carboxylic acids is 1. The zero-order chi connectivity index (χ0) is 17.3. The van der Waals surface area contributed by atoms with Gasteiger partial charge in [0.05, 0.1) is 11.0 Å². The van der Waals surface area contributed by atoms with E-state index in [0.29, 0.717) is 0 Å². The van der Waals surface area contributed by atoms with Gasteiger partial charge < -0.3 is 15.5 Å². The van der Waals surface area contributed by atoms with Crippen molar-refractivity contribution in [2.75, 3.05) is 19.6 Å². The Balaban J connectivity index is 2.12. The van der Waals surface area contributed by atoms with E-state index in [4.69, 9.17) is 0 Å². The molecule has 1 aromatic rings. The number of aliphatic hydroxyl groups is 2. The number of benzene rings is 1. The standard InChI is InChI=1S/C14H19FN2O5S/c1-10(18)16-9-14(20)6-7-17(8-13(14)19)23(21,22)12-4-2-11(15)3-5-12/h2-5,13,19-20H,6-9H2,1H3,(H,16,18)/t13-,14-/m1/s1. The summed E-state index contributed by atoms with van der Waals surface area (Å²) in [5.74, 6) is -0.903. The molecular formula is C14H19FN2O5S. The molecule has 0 unspecified atom stereocenters. The Hall–Kier alpha value is -1.55. The number of sulfonamides is 1. The molecule has 0 aliphatic carbocycles. The predicted octanol–water partition coefficient (Wildman–Crippen LogP) is -0.552. The molecule has 23 heavy (non-hydrogen) atoms. The molecule has 0 saturated carbocycles. The van der Waals surface area contributed by atoms with E-state index in [1.54, 1.807) is 0 Å². The topological polar surface area (TPSA) is 107 Å². The highest BCUT2D eigenvalue weighted by Gasteiger charge is 2.44. The van der Waals surface area contributed by atoms with Gasteiger partial charge in [0, 0.05) is 26.6 Å². The fourth-order valence-electron chi connectivity index (χ4n) is 2.40. The van der Waals surface area contributed by atoms with Crippen molar-refractivity contribution in [1.82, 2.24) is 9.62 Å². The molecule has 1 amide bonds. The van der Waals surface area contributed by atoms with Crippen LogP contribution in [0.3, 0.4) is 0 Å². The van der Waals surface area contributed by atoms with Gasteiger partial charge in [-0.05, 0) is 30.7 Å². The summed E-state index contributed by atoms with van der Waals surface area (Å²) in [5, 5.41) is 22.9. The third-order valence-corrected chi connectivity index (χ3v) is 5.77. The van der Waals surface area contributed by atoms with E-state index < -0.39 is 27.5 Å². The number of halogens is 1. The van der Waals surface area contributed by atoms with Gasteiger partial charge >= 0.3 is 0 Å². The van der Waals surface area contributed by atoms with Crippen LogP contribution in [0.2, 0.25) is 0 Å². The van der Waals surface area contributed by atoms with E-state index in [9.17, 15) is 27.8 Å². The first-order chi connectivity index (χ1) is 10.6. The number of amides is 1. The normalized spacial score (nSPS) is 26.0. The first-order valence-electron chi connectivity index (χ1n) is 7.06. The van der Waals surface area contributed by atoms with E-state index in [-0.39, 0.29) is 36.9 Å². The fraction of sp³-hybridized carbons (Fsp3) is 0.500. The molecule has 1 fully saturated rings. The lowest BCUT2D eigenvalue weighted by Crippen LogP contribution is -2.60. The number of hydrogen-bond acceptors (Lipinski definition) is 5. The van der Waals surface area contributed by atoms with Gasteiger partial charge in [0.25, 0.3) is 0 Å². The Labute approximate surface area is 133 Å². The summed E-state index contributed by atoms with van der Waals surface area (Å²) in [5.41, 5.74) is -1.58. The van der Waals surface area contributed by atoms with Crippen molar-refractivity contribution in [2.24, 2.45) is 0 Å². The highest BCUT2D eigenvalue weighted by atomic mass is 32.2. The first kappa shape index (κ1) is 17.8. The van der Waals surface area contributed by atoms with E-state index in [1.807, 2.05) is 0 Å². The van der Waals surface area contributed by atoms with Crippen LogP contribution < -0.4 is 5.32 Å². The maximum absolute atomic E-state index is 12.9. The molecule has 0 bridgehead atoms. The number of β-amino-alcohol motifs (C(OH)–C–C–N with tert-alkyl or cyclic N) is 1. The number of carbonyl (C=O) groups is 1. The van der Waals surface area contributed by atoms with Gasteiger partial charge in [0.15, 0.2) is 0 Å². The van der Waals surface area contributed by atoms with Gasteiger partial charge in [-0.1, -0.05) is 0 Å². The number of aliphatic hydroxyl groups excluding tert-OH is 1. The minimum absolute atomic E-state index is 0.0210. The van der Waals surface area contributed by atoms with Crippen molar-refractivity contribution in [3.05, 3.63) is 30.1 Å². The Bertz CT molecular complexity index is 679. The zero-order valence-corrected chi connectivity index (χ0v) is 13.4. The number of rotatable bonds is 4. The SMILES string of the molecule is CC(=O)NC[C@]1(O)CCN(S(=O)(=O)c2ccc(F)cc2)C[C@H]1O. The maximum atomic E-state index is 12.9. The second kappa shape index (κ2) is 6.52. The predicted molar refractivity (Wildman–Crippen MR) is 79.4 cm³/mol. The van der Waals surface area contributed by atoms with Crippen molar-refractivity contribution in [1.29, 1.82) is 0 Å². The zero-order valence-electron chi connectivity index (χ0n) is 12.6. The minimum atomic E-state index is -3.88.